The van der Waals surface area contributed by atoms with Crippen molar-refractivity contribution in [3.05, 3.63) is 58.9 Å². The van der Waals surface area contributed by atoms with Crippen LogP contribution in [0.1, 0.15) is 18.9 Å². The third kappa shape index (κ3) is 4.54. The van der Waals surface area contributed by atoms with E-state index in [-0.39, 0.29) is 18.0 Å². The minimum absolute atomic E-state index is 0.0675. The van der Waals surface area contributed by atoms with Crippen molar-refractivity contribution in [3.63, 3.8) is 0 Å². The Labute approximate surface area is 172 Å². The van der Waals surface area contributed by atoms with Gasteiger partial charge in [-0.2, -0.15) is 0 Å². The lowest BCUT2D eigenvalue weighted by atomic mass is 10.2. The molecule has 1 aliphatic rings. The van der Waals surface area contributed by atoms with Gasteiger partial charge < -0.3 is 5.32 Å². The highest BCUT2D eigenvalue weighted by Gasteiger charge is 2.38. The quantitative estimate of drug-likeness (QED) is 0.759. The highest BCUT2D eigenvalue weighted by atomic mass is 35.5. The van der Waals surface area contributed by atoms with Gasteiger partial charge in [0, 0.05) is 18.0 Å². The van der Waals surface area contributed by atoms with Gasteiger partial charge in [0.1, 0.15) is 11.1 Å². The number of halogens is 2. The number of amides is 2. The van der Waals surface area contributed by atoms with Gasteiger partial charge in [-0.25, -0.2) is 9.38 Å². The van der Waals surface area contributed by atoms with Gasteiger partial charge in [-0.1, -0.05) is 41.6 Å². The predicted molar refractivity (Wildman–Crippen MR) is 112 cm³/mol. The topological polar surface area (TPSA) is 61.8 Å². The fraction of sp³-hybridized carbons (Fsp3) is 0.250. The molecule has 0 spiro atoms. The van der Waals surface area contributed by atoms with Crippen molar-refractivity contribution in [1.29, 1.82) is 0 Å². The van der Waals surface area contributed by atoms with Crippen molar-refractivity contribution in [3.8, 4) is 0 Å². The molecule has 1 fully saturated rings. The molecule has 1 atom stereocenters. The molecular formula is C20H19ClFN3O2S. The van der Waals surface area contributed by atoms with Gasteiger partial charge in [0.25, 0.3) is 0 Å². The summed E-state index contributed by atoms with van der Waals surface area (Å²) >= 11 is 7.37. The van der Waals surface area contributed by atoms with E-state index in [1.807, 2.05) is 26.0 Å². The summed E-state index contributed by atoms with van der Waals surface area (Å²) < 4.78 is 13.7. The molecule has 8 heteroatoms. The molecule has 1 saturated heterocycles. The van der Waals surface area contributed by atoms with E-state index in [9.17, 15) is 14.0 Å². The van der Waals surface area contributed by atoms with Crippen LogP contribution in [0.2, 0.25) is 5.02 Å². The number of carbonyl (C=O) groups excluding carboxylic acids is 2. The van der Waals surface area contributed by atoms with E-state index >= 15 is 0 Å². The monoisotopic (exact) mass is 419 g/mol. The molecule has 0 aromatic heterocycles. The van der Waals surface area contributed by atoms with E-state index < -0.39 is 17.0 Å². The summed E-state index contributed by atoms with van der Waals surface area (Å²) in [5, 5.41) is 3.03. The number of aliphatic imine (C=N–C) groups is 1. The standard InChI is InChI=1S/C20H19ClFN3O2S/c1-3-25-19(27)17(11-18(26)24-16-7-5-4-6-15(16)22)28-20(25)23-13-9-8-12(2)14(21)10-13/h4-10,17H,3,11H2,1-2H3,(H,24,26). The second-order valence-electron chi connectivity index (χ2n) is 6.25. The largest absolute Gasteiger partial charge is 0.324 e. The number of carbonyl (C=O) groups is 2. The molecule has 2 amide bonds. The maximum atomic E-state index is 13.7. The first-order chi connectivity index (χ1) is 13.4. The SMILES string of the molecule is CCN1C(=O)C(CC(=O)Nc2ccccc2F)SC1=Nc1ccc(C)c(Cl)c1. The van der Waals surface area contributed by atoms with Crippen LogP contribution in [0.15, 0.2) is 47.5 Å². The number of nitrogens with zero attached hydrogens (tertiary/aromatic N) is 2. The van der Waals surface area contributed by atoms with E-state index in [0.29, 0.717) is 22.4 Å². The third-order valence-corrected chi connectivity index (χ3v) is 5.82. The van der Waals surface area contributed by atoms with Crippen molar-refractivity contribution in [2.45, 2.75) is 25.5 Å². The number of hydrogen-bond donors (Lipinski definition) is 1. The van der Waals surface area contributed by atoms with Crippen molar-refractivity contribution < 1.29 is 14.0 Å². The first kappa shape index (κ1) is 20.4. The maximum absolute atomic E-state index is 13.7. The van der Waals surface area contributed by atoms with Crippen LogP contribution < -0.4 is 5.32 Å². The highest BCUT2D eigenvalue weighted by molar-refractivity contribution is 8.15. The van der Waals surface area contributed by atoms with Gasteiger partial charge in [-0.15, -0.1) is 0 Å². The zero-order valence-corrected chi connectivity index (χ0v) is 17.0. The lowest BCUT2D eigenvalue weighted by Crippen LogP contribution is -2.33. The fourth-order valence-electron chi connectivity index (χ4n) is 2.71. The first-order valence-corrected chi connectivity index (χ1v) is 10.0. The number of hydrogen-bond acceptors (Lipinski definition) is 4. The molecular weight excluding hydrogens is 401 g/mol. The summed E-state index contributed by atoms with van der Waals surface area (Å²) in [6, 6.07) is 11.3. The summed E-state index contributed by atoms with van der Waals surface area (Å²) in [5.41, 5.74) is 1.68. The zero-order chi connectivity index (χ0) is 20.3. The molecule has 146 valence electrons. The van der Waals surface area contributed by atoms with Crippen LogP contribution >= 0.6 is 23.4 Å². The molecule has 1 N–H and O–H groups in total. The molecule has 0 radical (unpaired) electrons. The molecule has 0 bridgehead atoms. The van der Waals surface area contributed by atoms with Gasteiger partial charge >= 0.3 is 0 Å². The van der Waals surface area contributed by atoms with Crippen molar-refractivity contribution >= 4 is 51.7 Å². The number of benzene rings is 2. The lowest BCUT2D eigenvalue weighted by Gasteiger charge is -2.13. The van der Waals surface area contributed by atoms with Gasteiger partial charge in [0.15, 0.2) is 5.17 Å². The van der Waals surface area contributed by atoms with Crippen LogP contribution in [-0.4, -0.2) is 33.7 Å². The molecule has 28 heavy (non-hydrogen) atoms. The number of thioether (sulfide) groups is 1. The Bertz CT molecular complexity index is 951. The molecule has 0 saturated carbocycles. The first-order valence-electron chi connectivity index (χ1n) is 8.76. The lowest BCUT2D eigenvalue weighted by molar-refractivity contribution is -0.128. The van der Waals surface area contributed by atoms with Crippen LogP contribution in [0.5, 0.6) is 0 Å². The van der Waals surface area contributed by atoms with Gasteiger partial charge in [-0.3, -0.25) is 14.5 Å². The number of para-hydroxylation sites is 1. The number of amidine groups is 1. The summed E-state index contributed by atoms with van der Waals surface area (Å²) in [6.45, 7) is 4.18. The van der Waals surface area contributed by atoms with Crippen LogP contribution in [0, 0.1) is 12.7 Å². The van der Waals surface area contributed by atoms with Crippen LogP contribution in [-0.2, 0) is 9.59 Å². The van der Waals surface area contributed by atoms with Gasteiger partial charge in [-0.05, 0) is 43.7 Å². The van der Waals surface area contributed by atoms with Crippen LogP contribution in [0.3, 0.4) is 0 Å². The average Bonchev–Trinajstić information content (AvgIpc) is 2.94. The maximum Gasteiger partial charge on any atom is 0.242 e. The minimum Gasteiger partial charge on any atom is -0.324 e. The smallest absolute Gasteiger partial charge is 0.242 e. The Morgan fingerprint density at radius 2 is 2.07 bits per heavy atom. The Morgan fingerprint density at radius 3 is 2.75 bits per heavy atom. The second-order valence-corrected chi connectivity index (χ2v) is 7.83. The predicted octanol–water partition coefficient (Wildman–Crippen LogP) is 4.77. The number of aryl methyl sites for hydroxylation is 1. The number of anilines is 1. The Hall–Kier alpha value is -2.38. The van der Waals surface area contributed by atoms with Gasteiger partial charge in [0.05, 0.1) is 11.4 Å². The zero-order valence-electron chi connectivity index (χ0n) is 15.4. The molecule has 2 aromatic rings. The van der Waals surface area contributed by atoms with Crippen molar-refractivity contribution in [1.82, 2.24) is 4.90 Å². The fourth-order valence-corrected chi connectivity index (χ4v) is 4.11. The Balaban J connectivity index is 1.74. The van der Waals surface area contributed by atoms with Gasteiger partial charge in [0.2, 0.25) is 11.8 Å². The molecule has 2 aromatic carbocycles. The normalized spacial score (nSPS) is 18.0. The molecule has 1 unspecified atom stereocenters. The number of nitrogens with one attached hydrogen (secondary N) is 1. The van der Waals surface area contributed by atoms with E-state index in [1.54, 1.807) is 23.1 Å². The highest BCUT2D eigenvalue weighted by Crippen LogP contribution is 2.32. The molecule has 1 heterocycles. The summed E-state index contributed by atoms with van der Waals surface area (Å²) in [4.78, 5) is 31.0. The Morgan fingerprint density at radius 1 is 1.32 bits per heavy atom. The van der Waals surface area contributed by atoms with Crippen LogP contribution in [0.25, 0.3) is 0 Å². The van der Waals surface area contributed by atoms with Crippen molar-refractivity contribution in [2.24, 2.45) is 4.99 Å². The second kappa shape index (κ2) is 8.75. The molecule has 5 nitrogen and oxygen atoms in total. The molecule has 1 aliphatic heterocycles. The Kier molecular flexibility index (Phi) is 6.36. The minimum atomic E-state index is -0.605. The van der Waals surface area contributed by atoms with E-state index in [4.69, 9.17) is 11.6 Å². The number of rotatable bonds is 5. The molecule has 3 rings (SSSR count). The van der Waals surface area contributed by atoms with E-state index in [2.05, 4.69) is 10.3 Å². The molecule has 0 aliphatic carbocycles. The van der Waals surface area contributed by atoms with Crippen LogP contribution in [0.4, 0.5) is 15.8 Å². The summed E-state index contributed by atoms with van der Waals surface area (Å²) in [5.74, 6) is -1.13. The van der Waals surface area contributed by atoms with Crippen molar-refractivity contribution in [2.75, 3.05) is 11.9 Å². The van der Waals surface area contributed by atoms with E-state index in [1.165, 1.54) is 23.9 Å². The third-order valence-electron chi connectivity index (χ3n) is 4.24. The summed E-state index contributed by atoms with van der Waals surface area (Å²) in [6.07, 6.45) is -0.0675. The summed E-state index contributed by atoms with van der Waals surface area (Å²) in [7, 11) is 0. The van der Waals surface area contributed by atoms with E-state index in [0.717, 1.165) is 5.56 Å². The average molecular weight is 420 g/mol.